The van der Waals surface area contributed by atoms with Gasteiger partial charge in [0, 0.05) is 32.4 Å². The van der Waals surface area contributed by atoms with E-state index < -0.39 is 17.7 Å². The highest BCUT2D eigenvalue weighted by Crippen LogP contribution is 2.30. The molecule has 11 heteroatoms. The number of pyridine rings is 1. The molecule has 7 nitrogen and oxygen atoms in total. The summed E-state index contributed by atoms with van der Waals surface area (Å²) in [6.07, 6.45) is -2.10. The summed E-state index contributed by atoms with van der Waals surface area (Å²) in [7, 11) is 0. The van der Waals surface area contributed by atoms with Crippen molar-refractivity contribution in [1.82, 2.24) is 19.9 Å². The average Bonchev–Trinajstić information content (AvgIpc) is 2.71. The summed E-state index contributed by atoms with van der Waals surface area (Å²) >= 11 is 0. The van der Waals surface area contributed by atoms with E-state index in [1.807, 2.05) is 11.8 Å². The maximum Gasteiger partial charge on any atom is 0.433 e. The van der Waals surface area contributed by atoms with E-state index in [0.717, 1.165) is 18.0 Å². The van der Waals surface area contributed by atoms with E-state index in [1.54, 1.807) is 11.8 Å². The summed E-state index contributed by atoms with van der Waals surface area (Å²) in [5, 5.41) is 2.99. The molecule has 3 heterocycles. The molecule has 2 aromatic heterocycles. The fourth-order valence-electron chi connectivity index (χ4n) is 2.94. The number of nitrogens with zero attached hydrogens (tertiary/aromatic N) is 5. The highest BCUT2D eigenvalue weighted by atomic mass is 19.4. The van der Waals surface area contributed by atoms with Gasteiger partial charge in [0.2, 0.25) is 0 Å². The summed E-state index contributed by atoms with van der Waals surface area (Å²) in [6, 6.07) is 2.17. The number of halogens is 4. The van der Waals surface area contributed by atoms with Crippen LogP contribution in [0.25, 0.3) is 0 Å². The van der Waals surface area contributed by atoms with Crippen LogP contribution < -0.4 is 10.2 Å². The third-order valence-corrected chi connectivity index (χ3v) is 4.64. The van der Waals surface area contributed by atoms with E-state index in [9.17, 15) is 22.4 Å². The molecule has 0 aromatic carbocycles. The minimum absolute atomic E-state index is 0.154. The molecule has 0 atom stereocenters. The van der Waals surface area contributed by atoms with Gasteiger partial charge in [0.15, 0.2) is 23.7 Å². The van der Waals surface area contributed by atoms with Crippen LogP contribution in [0.4, 0.5) is 34.9 Å². The van der Waals surface area contributed by atoms with E-state index >= 15 is 0 Å². The topological polar surface area (TPSA) is 74.2 Å². The van der Waals surface area contributed by atoms with Crippen molar-refractivity contribution in [3.8, 4) is 0 Å². The molecule has 0 unspecified atom stereocenters. The molecule has 0 amide bonds. The smallest absolute Gasteiger partial charge is 0.371 e. The van der Waals surface area contributed by atoms with Gasteiger partial charge in [-0.3, -0.25) is 4.79 Å². The van der Waals surface area contributed by atoms with Crippen LogP contribution in [0.5, 0.6) is 0 Å². The molecule has 0 aliphatic carbocycles. The molecule has 1 N–H and O–H groups in total. The molecule has 1 saturated heterocycles. The minimum Gasteiger partial charge on any atom is -0.371 e. The van der Waals surface area contributed by atoms with Gasteiger partial charge < -0.3 is 15.1 Å². The Balaban J connectivity index is 1.81. The number of nitrogens with one attached hydrogen (secondary N) is 1. The Morgan fingerprint density at radius 2 is 1.77 bits per heavy atom. The van der Waals surface area contributed by atoms with Gasteiger partial charge in [-0.25, -0.2) is 19.3 Å². The Hall–Kier alpha value is -3.24. The lowest BCUT2D eigenvalue weighted by molar-refractivity contribution is -0.141. The predicted molar refractivity (Wildman–Crippen MR) is 103 cm³/mol. The molecule has 2 aromatic rings. The van der Waals surface area contributed by atoms with Crippen molar-refractivity contribution >= 4 is 23.6 Å². The number of aldehydes is 1. The molecular formula is C19H20F4N6O. The van der Waals surface area contributed by atoms with Crippen molar-refractivity contribution in [1.29, 1.82) is 0 Å². The van der Waals surface area contributed by atoms with Gasteiger partial charge in [0.05, 0.1) is 23.3 Å². The summed E-state index contributed by atoms with van der Waals surface area (Å²) in [5.74, 6) is 0.0896. The van der Waals surface area contributed by atoms with Gasteiger partial charge >= 0.3 is 6.18 Å². The van der Waals surface area contributed by atoms with Crippen LogP contribution in [0, 0.1) is 13.8 Å². The number of allylic oxidation sites excluding steroid dienone is 1. The molecule has 0 radical (unpaired) electrons. The van der Waals surface area contributed by atoms with Crippen LogP contribution in [0.2, 0.25) is 0 Å². The highest BCUT2D eigenvalue weighted by molar-refractivity contribution is 5.70. The lowest BCUT2D eigenvalue weighted by Crippen LogP contribution is -2.45. The lowest BCUT2D eigenvalue weighted by atomic mass is 10.3. The first-order valence-electron chi connectivity index (χ1n) is 9.14. The van der Waals surface area contributed by atoms with Crippen LogP contribution in [-0.2, 0) is 11.0 Å². The Kier molecular flexibility index (Phi) is 6.18. The number of aromatic nitrogens is 3. The van der Waals surface area contributed by atoms with Gasteiger partial charge in [-0.1, -0.05) is 0 Å². The normalized spacial score (nSPS) is 15.3. The van der Waals surface area contributed by atoms with Crippen molar-refractivity contribution in [3.05, 3.63) is 47.4 Å². The largest absolute Gasteiger partial charge is 0.433 e. The second-order valence-electron chi connectivity index (χ2n) is 6.78. The van der Waals surface area contributed by atoms with Crippen LogP contribution in [0.3, 0.4) is 0 Å². The maximum atomic E-state index is 13.2. The van der Waals surface area contributed by atoms with Gasteiger partial charge in [-0.05, 0) is 26.0 Å². The number of piperazine rings is 1. The van der Waals surface area contributed by atoms with Crippen LogP contribution in [0.1, 0.15) is 17.1 Å². The highest BCUT2D eigenvalue weighted by Gasteiger charge is 2.32. The van der Waals surface area contributed by atoms with E-state index in [0.29, 0.717) is 49.2 Å². The van der Waals surface area contributed by atoms with Crippen molar-refractivity contribution < 1.29 is 22.4 Å². The maximum absolute atomic E-state index is 13.2. The molecule has 0 saturated carbocycles. The molecule has 160 valence electrons. The first-order chi connectivity index (χ1) is 14.2. The van der Waals surface area contributed by atoms with Gasteiger partial charge in [-0.15, -0.1) is 0 Å². The number of carbonyl (C=O) groups is 1. The second kappa shape index (κ2) is 8.64. The predicted octanol–water partition coefficient (Wildman–Crippen LogP) is 3.38. The Bertz CT molecular complexity index is 937. The number of hydrogen-bond acceptors (Lipinski definition) is 7. The molecule has 30 heavy (non-hydrogen) atoms. The second-order valence-corrected chi connectivity index (χ2v) is 6.78. The zero-order chi connectivity index (χ0) is 21.9. The van der Waals surface area contributed by atoms with E-state index in [4.69, 9.17) is 0 Å². The summed E-state index contributed by atoms with van der Waals surface area (Å²) < 4.78 is 51.3. The SMILES string of the molecule is Cc1nc(Nc2ccc(C(F)(F)F)nc2)c(N2CCN(C=C(F)C=O)CC2)nc1C. The third kappa shape index (κ3) is 5.02. The zero-order valence-electron chi connectivity index (χ0n) is 16.4. The lowest BCUT2D eigenvalue weighted by Gasteiger charge is -2.35. The third-order valence-electron chi connectivity index (χ3n) is 4.64. The van der Waals surface area contributed by atoms with E-state index in [1.165, 1.54) is 12.3 Å². The molecule has 0 bridgehead atoms. The minimum atomic E-state index is -4.51. The number of anilines is 3. The molecule has 0 spiro atoms. The van der Waals surface area contributed by atoms with Crippen LogP contribution in [0.15, 0.2) is 30.4 Å². The van der Waals surface area contributed by atoms with Crippen molar-refractivity contribution in [2.75, 3.05) is 36.4 Å². The Morgan fingerprint density at radius 1 is 1.10 bits per heavy atom. The quantitative estimate of drug-likeness (QED) is 0.448. The summed E-state index contributed by atoms with van der Waals surface area (Å²) in [4.78, 5) is 26.6. The van der Waals surface area contributed by atoms with Crippen molar-refractivity contribution in [3.63, 3.8) is 0 Å². The number of rotatable bonds is 5. The first kappa shape index (κ1) is 21.5. The van der Waals surface area contributed by atoms with Crippen LogP contribution in [-0.4, -0.2) is 52.3 Å². The van der Waals surface area contributed by atoms with E-state index in [2.05, 4.69) is 20.3 Å². The zero-order valence-corrected chi connectivity index (χ0v) is 16.4. The molecular weight excluding hydrogens is 404 g/mol. The summed E-state index contributed by atoms with van der Waals surface area (Å²) in [6.45, 7) is 5.54. The van der Waals surface area contributed by atoms with Gasteiger partial charge in [-0.2, -0.15) is 13.2 Å². The molecule has 1 fully saturated rings. The van der Waals surface area contributed by atoms with Crippen molar-refractivity contribution in [2.45, 2.75) is 20.0 Å². The van der Waals surface area contributed by atoms with Gasteiger partial charge in [0.25, 0.3) is 0 Å². The molecule has 3 rings (SSSR count). The average molecular weight is 424 g/mol. The Labute approximate surface area is 170 Å². The summed E-state index contributed by atoms with van der Waals surface area (Å²) in [5.41, 5.74) is 0.758. The fourth-order valence-corrected chi connectivity index (χ4v) is 2.94. The number of carbonyl (C=O) groups excluding carboxylic acids is 1. The molecule has 1 aliphatic rings. The van der Waals surface area contributed by atoms with Gasteiger partial charge in [0.1, 0.15) is 5.69 Å². The number of aryl methyl sites for hydroxylation is 2. The fraction of sp³-hybridized carbons (Fsp3) is 0.368. The first-order valence-corrected chi connectivity index (χ1v) is 9.14. The van der Waals surface area contributed by atoms with Crippen molar-refractivity contribution in [2.24, 2.45) is 0 Å². The van der Waals surface area contributed by atoms with Crippen LogP contribution >= 0.6 is 0 Å². The Morgan fingerprint density at radius 3 is 2.33 bits per heavy atom. The standard InChI is InChI=1S/C19H20F4N6O/c1-12-13(2)26-18(29-7-5-28(6-8-29)10-14(20)11-30)17(25-12)27-15-3-4-16(24-9-15)19(21,22)23/h3-4,9-11H,5-8H2,1-2H3,(H,25,27). The van der Waals surface area contributed by atoms with E-state index in [-0.39, 0.29) is 6.29 Å². The number of hydrogen-bond donors (Lipinski definition) is 1. The monoisotopic (exact) mass is 424 g/mol. The molecule has 1 aliphatic heterocycles. The number of alkyl halides is 3.